The van der Waals surface area contributed by atoms with Crippen LogP contribution >= 0.6 is 0 Å². The Bertz CT molecular complexity index is 877. The molecule has 1 unspecified atom stereocenters. The fraction of sp³-hybridized carbons (Fsp3) is 0.250. The number of rotatable bonds is 3. The smallest absolute Gasteiger partial charge is 0.254 e. The summed E-state index contributed by atoms with van der Waals surface area (Å²) in [6.07, 6.45) is 6.61. The quantitative estimate of drug-likeness (QED) is 0.738. The summed E-state index contributed by atoms with van der Waals surface area (Å²) >= 11 is 0. The highest BCUT2D eigenvalue weighted by Crippen LogP contribution is 2.23. The van der Waals surface area contributed by atoms with E-state index < -0.39 is 0 Å². The molecule has 3 aromatic rings. The number of nitrogens with zero attached hydrogens (tertiary/aromatic N) is 3. The minimum absolute atomic E-state index is 0.0515. The van der Waals surface area contributed by atoms with Gasteiger partial charge in [0.1, 0.15) is 6.10 Å². The van der Waals surface area contributed by atoms with Crippen LogP contribution in [-0.4, -0.2) is 40.0 Å². The van der Waals surface area contributed by atoms with Gasteiger partial charge in [-0.1, -0.05) is 36.4 Å². The number of carbonyl (C=O) groups excluding carboxylic acids is 1. The molecule has 0 radical (unpaired) electrons. The van der Waals surface area contributed by atoms with Gasteiger partial charge >= 0.3 is 0 Å². The molecule has 2 heterocycles. The summed E-state index contributed by atoms with van der Waals surface area (Å²) in [5.74, 6) is 0.566. The molecule has 0 N–H and O–H groups in total. The Morgan fingerprint density at radius 1 is 1.12 bits per heavy atom. The summed E-state index contributed by atoms with van der Waals surface area (Å²) in [6, 6.07) is 13.9. The van der Waals surface area contributed by atoms with E-state index in [9.17, 15) is 4.79 Å². The zero-order valence-electron chi connectivity index (χ0n) is 13.8. The zero-order valence-corrected chi connectivity index (χ0v) is 13.8. The first kappa shape index (κ1) is 15.6. The number of fused-ring (bicyclic) bond motifs is 1. The number of carbonyl (C=O) groups is 1. The van der Waals surface area contributed by atoms with Crippen molar-refractivity contribution in [2.24, 2.45) is 0 Å². The van der Waals surface area contributed by atoms with Crippen LogP contribution in [0.1, 0.15) is 23.2 Å². The molecule has 2 aromatic carbocycles. The van der Waals surface area contributed by atoms with Gasteiger partial charge in [-0.3, -0.25) is 9.78 Å². The summed E-state index contributed by atoms with van der Waals surface area (Å²) in [5, 5.41) is 2.07. The Labute approximate surface area is 146 Å². The molecule has 0 spiro atoms. The summed E-state index contributed by atoms with van der Waals surface area (Å²) in [7, 11) is 0. The third-order valence-corrected chi connectivity index (χ3v) is 4.51. The van der Waals surface area contributed by atoms with Gasteiger partial charge < -0.3 is 9.64 Å². The molecule has 1 aliphatic heterocycles. The summed E-state index contributed by atoms with van der Waals surface area (Å²) < 4.78 is 5.89. The highest BCUT2D eigenvalue weighted by atomic mass is 16.5. The molecule has 0 bridgehead atoms. The van der Waals surface area contributed by atoms with E-state index in [2.05, 4.69) is 9.97 Å². The molecule has 1 atom stereocenters. The number of hydrogen-bond acceptors (Lipinski definition) is 4. The maximum absolute atomic E-state index is 13.1. The van der Waals surface area contributed by atoms with Gasteiger partial charge in [-0.05, 0) is 29.7 Å². The van der Waals surface area contributed by atoms with Crippen molar-refractivity contribution in [1.82, 2.24) is 14.9 Å². The van der Waals surface area contributed by atoms with Gasteiger partial charge in [0.15, 0.2) is 0 Å². The first-order valence-corrected chi connectivity index (χ1v) is 8.51. The second-order valence-corrected chi connectivity index (χ2v) is 6.20. The van der Waals surface area contributed by atoms with Crippen LogP contribution in [-0.2, 0) is 0 Å². The Hall–Kier alpha value is -2.95. The topological polar surface area (TPSA) is 55.3 Å². The molecule has 5 heteroatoms. The summed E-state index contributed by atoms with van der Waals surface area (Å²) in [6.45, 7) is 1.32. The van der Waals surface area contributed by atoms with E-state index in [1.807, 2.05) is 47.4 Å². The van der Waals surface area contributed by atoms with E-state index in [1.165, 1.54) is 0 Å². The highest BCUT2D eigenvalue weighted by molar-refractivity contribution is 6.07. The minimum atomic E-state index is -0.0515. The molecule has 1 aromatic heterocycles. The Morgan fingerprint density at radius 3 is 2.88 bits per heavy atom. The lowest BCUT2D eigenvalue weighted by Crippen LogP contribution is -2.44. The van der Waals surface area contributed by atoms with Crippen LogP contribution in [0.25, 0.3) is 10.8 Å². The fourth-order valence-corrected chi connectivity index (χ4v) is 3.32. The van der Waals surface area contributed by atoms with E-state index >= 15 is 0 Å². The predicted molar refractivity (Wildman–Crippen MR) is 95.5 cm³/mol. The van der Waals surface area contributed by atoms with Crippen molar-refractivity contribution in [2.75, 3.05) is 13.1 Å². The lowest BCUT2D eigenvalue weighted by atomic mass is 10.0. The van der Waals surface area contributed by atoms with E-state index in [1.54, 1.807) is 18.6 Å². The Morgan fingerprint density at radius 2 is 2.00 bits per heavy atom. The van der Waals surface area contributed by atoms with E-state index in [0.29, 0.717) is 12.4 Å². The van der Waals surface area contributed by atoms with Crippen molar-refractivity contribution in [3.8, 4) is 5.88 Å². The molecule has 1 fully saturated rings. The highest BCUT2D eigenvalue weighted by Gasteiger charge is 2.26. The number of amides is 1. The molecule has 4 rings (SSSR count). The molecule has 25 heavy (non-hydrogen) atoms. The van der Waals surface area contributed by atoms with Crippen molar-refractivity contribution in [1.29, 1.82) is 0 Å². The first-order valence-electron chi connectivity index (χ1n) is 8.51. The van der Waals surface area contributed by atoms with Crippen molar-refractivity contribution in [3.05, 3.63) is 66.6 Å². The number of likely N-dealkylation sites (tertiary alicyclic amines) is 1. The maximum atomic E-state index is 13.1. The van der Waals surface area contributed by atoms with Gasteiger partial charge in [0.2, 0.25) is 5.88 Å². The number of piperidine rings is 1. The van der Waals surface area contributed by atoms with Gasteiger partial charge in [0, 0.05) is 24.5 Å². The zero-order chi connectivity index (χ0) is 17.1. The minimum Gasteiger partial charge on any atom is -0.471 e. The molecular weight excluding hydrogens is 314 g/mol. The van der Waals surface area contributed by atoms with Gasteiger partial charge in [-0.15, -0.1) is 0 Å². The van der Waals surface area contributed by atoms with E-state index in [0.717, 1.165) is 35.7 Å². The second-order valence-electron chi connectivity index (χ2n) is 6.20. The fourth-order valence-electron chi connectivity index (χ4n) is 3.32. The molecule has 1 aliphatic rings. The molecule has 126 valence electrons. The Balaban J connectivity index is 1.53. The van der Waals surface area contributed by atoms with Crippen LogP contribution in [0.5, 0.6) is 5.88 Å². The average molecular weight is 333 g/mol. The summed E-state index contributed by atoms with van der Waals surface area (Å²) in [4.78, 5) is 23.1. The second kappa shape index (κ2) is 6.89. The van der Waals surface area contributed by atoms with Crippen LogP contribution in [0.2, 0.25) is 0 Å². The molecule has 1 saturated heterocycles. The van der Waals surface area contributed by atoms with Crippen LogP contribution < -0.4 is 4.74 Å². The van der Waals surface area contributed by atoms with Crippen molar-refractivity contribution in [2.45, 2.75) is 18.9 Å². The molecular formula is C20H19N3O2. The number of aromatic nitrogens is 2. The van der Waals surface area contributed by atoms with Crippen LogP contribution in [0, 0.1) is 0 Å². The monoisotopic (exact) mass is 333 g/mol. The molecule has 0 aliphatic carbocycles. The SMILES string of the molecule is O=C(c1cccc2ccccc12)N1CCCC(Oc2cnccn2)C1. The average Bonchev–Trinajstić information content (AvgIpc) is 2.68. The van der Waals surface area contributed by atoms with Gasteiger partial charge in [0.25, 0.3) is 5.91 Å². The number of ether oxygens (including phenoxy) is 1. The molecule has 0 saturated carbocycles. The van der Waals surface area contributed by atoms with Gasteiger partial charge in [-0.25, -0.2) is 4.98 Å². The van der Waals surface area contributed by atoms with Crippen LogP contribution in [0.3, 0.4) is 0 Å². The number of hydrogen-bond donors (Lipinski definition) is 0. The molecule has 1 amide bonds. The lowest BCUT2D eigenvalue weighted by Gasteiger charge is -2.32. The third-order valence-electron chi connectivity index (χ3n) is 4.51. The third kappa shape index (κ3) is 3.31. The lowest BCUT2D eigenvalue weighted by molar-refractivity contribution is 0.0528. The van der Waals surface area contributed by atoms with Crippen molar-refractivity contribution < 1.29 is 9.53 Å². The molecule has 5 nitrogen and oxygen atoms in total. The van der Waals surface area contributed by atoms with Crippen LogP contribution in [0.15, 0.2) is 61.1 Å². The van der Waals surface area contributed by atoms with Crippen molar-refractivity contribution in [3.63, 3.8) is 0 Å². The summed E-state index contributed by atoms with van der Waals surface area (Å²) in [5.41, 5.74) is 0.748. The van der Waals surface area contributed by atoms with E-state index in [-0.39, 0.29) is 12.0 Å². The predicted octanol–water partition coefficient (Wildman–Crippen LogP) is 3.31. The van der Waals surface area contributed by atoms with Crippen molar-refractivity contribution >= 4 is 16.7 Å². The maximum Gasteiger partial charge on any atom is 0.254 e. The van der Waals surface area contributed by atoms with Crippen LogP contribution in [0.4, 0.5) is 0 Å². The normalized spacial score (nSPS) is 17.4. The van der Waals surface area contributed by atoms with E-state index in [4.69, 9.17) is 4.74 Å². The Kier molecular flexibility index (Phi) is 4.29. The first-order chi connectivity index (χ1) is 12.3. The number of benzene rings is 2. The standard InChI is InChI=1S/C20H19N3O2/c24-20(18-9-3-6-15-5-1-2-8-17(15)18)23-12-4-7-16(14-23)25-19-13-21-10-11-22-19/h1-3,5-6,8-11,13,16H,4,7,12,14H2. The van der Waals surface area contributed by atoms with Gasteiger partial charge in [-0.2, -0.15) is 0 Å². The van der Waals surface area contributed by atoms with Gasteiger partial charge in [0.05, 0.1) is 12.7 Å². The largest absolute Gasteiger partial charge is 0.471 e.